The van der Waals surface area contributed by atoms with Crippen LogP contribution >= 0.6 is 11.3 Å². The summed E-state index contributed by atoms with van der Waals surface area (Å²) in [5.41, 5.74) is 2.79. The third-order valence-electron chi connectivity index (χ3n) is 5.16. The highest BCUT2D eigenvalue weighted by molar-refractivity contribution is 7.07. The molecule has 1 aliphatic rings. The zero-order valence-electron chi connectivity index (χ0n) is 16.5. The molecule has 4 nitrogen and oxygen atoms in total. The molecule has 1 saturated heterocycles. The molecule has 0 saturated carbocycles. The van der Waals surface area contributed by atoms with Crippen molar-refractivity contribution in [2.24, 2.45) is 4.99 Å². The lowest BCUT2D eigenvalue weighted by Crippen LogP contribution is -2.48. The first-order valence-electron chi connectivity index (χ1n) is 10.1. The molecule has 1 atom stereocenters. The summed E-state index contributed by atoms with van der Waals surface area (Å²) in [5, 5.41) is 11.4. The maximum Gasteiger partial charge on any atom is 0.191 e. The lowest BCUT2D eigenvalue weighted by Gasteiger charge is -2.33. The third kappa shape index (κ3) is 6.36. The van der Waals surface area contributed by atoms with Gasteiger partial charge in [0.25, 0.3) is 0 Å². The van der Waals surface area contributed by atoms with Crippen LogP contribution in [0, 0.1) is 0 Å². The average molecular weight is 385 g/mol. The molecule has 0 spiro atoms. The van der Waals surface area contributed by atoms with Crippen LogP contribution in [0.1, 0.15) is 43.7 Å². The predicted octanol–water partition coefficient (Wildman–Crippen LogP) is 4.07. The van der Waals surface area contributed by atoms with Crippen molar-refractivity contribution in [3.05, 3.63) is 58.3 Å². The zero-order chi connectivity index (χ0) is 18.9. The fourth-order valence-electron chi connectivity index (χ4n) is 3.48. The number of piperidine rings is 1. The van der Waals surface area contributed by atoms with Gasteiger partial charge in [0.1, 0.15) is 0 Å². The number of hydrogen-bond acceptors (Lipinski definition) is 3. The van der Waals surface area contributed by atoms with Gasteiger partial charge in [-0.3, -0.25) is 9.89 Å². The number of likely N-dealkylation sites (tertiary alicyclic amines) is 1. The summed E-state index contributed by atoms with van der Waals surface area (Å²) >= 11 is 1.76. The summed E-state index contributed by atoms with van der Waals surface area (Å²) in [4.78, 5) is 7.39. The Morgan fingerprint density at radius 3 is 2.67 bits per heavy atom. The van der Waals surface area contributed by atoms with Crippen LogP contribution in [-0.4, -0.2) is 43.1 Å². The molecule has 5 heteroatoms. The topological polar surface area (TPSA) is 39.7 Å². The molecule has 1 aromatic carbocycles. The van der Waals surface area contributed by atoms with Crippen molar-refractivity contribution in [1.82, 2.24) is 15.5 Å². The first-order chi connectivity index (χ1) is 13.2. The summed E-state index contributed by atoms with van der Waals surface area (Å²) in [6, 6.07) is 13.5. The molecule has 1 aliphatic heterocycles. The van der Waals surface area contributed by atoms with Crippen LogP contribution in [0.15, 0.2) is 52.2 Å². The van der Waals surface area contributed by atoms with Crippen molar-refractivity contribution in [1.29, 1.82) is 0 Å². The number of hydrogen-bond donors (Lipinski definition) is 2. The number of nitrogens with one attached hydrogen (secondary N) is 2. The van der Waals surface area contributed by atoms with Gasteiger partial charge in [0.05, 0.1) is 0 Å². The van der Waals surface area contributed by atoms with E-state index in [9.17, 15) is 0 Å². The van der Waals surface area contributed by atoms with E-state index in [2.05, 4.69) is 76.5 Å². The lowest BCUT2D eigenvalue weighted by atomic mass is 10.0. The van der Waals surface area contributed by atoms with Crippen molar-refractivity contribution in [3.8, 4) is 0 Å². The minimum absolute atomic E-state index is 0.458. The highest BCUT2D eigenvalue weighted by Gasteiger charge is 2.20. The standard InChI is InChI=1S/C22H32N4S/c1-3-23-22(24-15-18(2)20-11-14-27-17-20)25-21-9-12-26(13-10-21)16-19-7-5-4-6-8-19/h4-8,11,14,17-18,21H,3,9-10,12-13,15-16H2,1-2H3,(H2,23,24,25). The summed E-state index contributed by atoms with van der Waals surface area (Å²) in [6.07, 6.45) is 2.33. The van der Waals surface area contributed by atoms with E-state index in [0.717, 1.165) is 51.5 Å². The monoisotopic (exact) mass is 384 g/mol. The first-order valence-corrected chi connectivity index (χ1v) is 11.0. The van der Waals surface area contributed by atoms with Gasteiger partial charge in [-0.25, -0.2) is 0 Å². The minimum Gasteiger partial charge on any atom is -0.357 e. The predicted molar refractivity (Wildman–Crippen MR) is 117 cm³/mol. The van der Waals surface area contributed by atoms with Crippen molar-refractivity contribution in [3.63, 3.8) is 0 Å². The molecule has 2 heterocycles. The van der Waals surface area contributed by atoms with Crippen LogP contribution in [0.25, 0.3) is 0 Å². The summed E-state index contributed by atoms with van der Waals surface area (Å²) in [5.74, 6) is 1.42. The Morgan fingerprint density at radius 2 is 2.00 bits per heavy atom. The summed E-state index contributed by atoms with van der Waals surface area (Å²) in [7, 11) is 0. The second-order valence-corrected chi connectivity index (χ2v) is 8.14. The normalized spacial score (nSPS) is 17.6. The number of nitrogens with zero attached hydrogens (tertiary/aromatic N) is 2. The van der Waals surface area contributed by atoms with Gasteiger partial charge in [0.2, 0.25) is 0 Å². The second kappa shape index (κ2) is 10.5. The molecule has 1 fully saturated rings. The fourth-order valence-corrected chi connectivity index (χ4v) is 4.26. The van der Waals surface area contributed by atoms with Crippen LogP contribution in [0.2, 0.25) is 0 Å². The van der Waals surface area contributed by atoms with Crippen molar-refractivity contribution >= 4 is 17.3 Å². The fraction of sp³-hybridized carbons (Fsp3) is 0.500. The Labute approximate surface area is 167 Å². The van der Waals surface area contributed by atoms with Gasteiger partial charge in [0, 0.05) is 44.7 Å². The summed E-state index contributed by atoms with van der Waals surface area (Å²) < 4.78 is 0. The zero-order valence-corrected chi connectivity index (χ0v) is 17.3. The van der Waals surface area contributed by atoms with E-state index in [1.807, 2.05) is 0 Å². The second-order valence-electron chi connectivity index (χ2n) is 7.36. The molecule has 2 aromatic rings. The Kier molecular flexibility index (Phi) is 7.72. The quantitative estimate of drug-likeness (QED) is 0.558. The SMILES string of the molecule is CCNC(=NCC(C)c1ccsc1)NC1CCN(Cc2ccccc2)CC1. The van der Waals surface area contributed by atoms with E-state index >= 15 is 0 Å². The van der Waals surface area contributed by atoms with Gasteiger partial charge >= 0.3 is 0 Å². The smallest absolute Gasteiger partial charge is 0.191 e. The van der Waals surface area contributed by atoms with Crippen molar-refractivity contribution in [2.45, 2.75) is 45.2 Å². The molecule has 3 rings (SSSR count). The molecule has 146 valence electrons. The largest absolute Gasteiger partial charge is 0.357 e. The van der Waals surface area contributed by atoms with E-state index in [-0.39, 0.29) is 0 Å². The number of rotatable bonds is 7. The van der Waals surface area contributed by atoms with Crippen LogP contribution in [0.5, 0.6) is 0 Å². The Hall–Kier alpha value is -1.85. The first kappa shape index (κ1) is 19.9. The minimum atomic E-state index is 0.458. The molecule has 2 N–H and O–H groups in total. The molecule has 0 amide bonds. The molecular weight excluding hydrogens is 352 g/mol. The average Bonchev–Trinajstić information content (AvgIpc) is 3.23. The highest BCUT2D eigenvalue weighted by Crippen LogP contribution is 2.18. The number of thiophene rings is 1. The Bertz CT molecular complexity index is 676. The van der Waals surface area contributed by atoms with Gasteiger partial charge < -0.3 is 10.6 Å². The van der Waals surface area contributed by atoms with Gasteiger partial charge in [0.15, 0.2) is 5.96 Å². The molecule has 0 bridgehead atoms. The van der Waals surface area contributed by atoms with Gasteiger partial charge in [-0.2, -0.15) is 11.3 Å². The van der Waals surface area contributed by atoms with Gasteiger partial charge in [-0.15, -0.1) is 0 Å². The van der Waals surface area contributed by atoms with Gasteiger partial charge in [-0.05, 0) is 47.7 Å². The summed E-state index contributed by atoms with van der Waals surface area (Å²) in [6.45, 7) is 9.41. The Balaban J connectivity index is 1.46. The Morgan fingerprint density at radius 1 is 1.22 bits per heavy atom. The van der Waals surface area contributed by atoms with E-state index < -0.39 is 0 Å². The maximum atomic E-state index is 4.84. The molecule has 0 aliphatic carbocycles. The molecule has 0 radical (unpaired) electrons. The van der Waals surface area contributed by atoms with Gasteiger partial charge in [-0.1, -0.05) is 37.3 Å². The third-order valence-corrected chi connectivity index (χ3v) is 5.86. The van der Waals surface area contributed by atoms with Crippen LogP contribution < -0.4 is 10.6 Å². The molecule has 1 aromatic heterocycles. The van der Waals surface area contributed by atoms with Crippen LogP contribution in [0.4, 0.5) is 0 Å². The lowest BCUT2D eigenvalue weighted by molar-refractivity contribution is 0.198. The van der Waals surface area contributed by atoms with Crippen molar-refractivity contribution < 1.29 is 0 Å². The molecule has 27 heavy (non-hydrogen) atoms. The van der Waals surface area contributed by atoms with Crippen LogP contribution in [-0.2, 0) is 6.54 Å². The van der Waals surface area contributed by atoms with Crippen LogP contribution in [0.3, 0.4) is 0 Å². The van der Waals surface area contributed by atoms with E-state index in [4.69, 9.17) is 4.99 Å². The maximum absolute atomic E-state index is 4.84. The highest BCUT2D eigenvalue weighted by atomic mass is 32.1. The van der Waals surface area contributed by atoms with Crippen molar-refractivity contribution in [2.75, 3.05) is 26.2 Å². The molecular formula is C22H32N4S. The number of aliphatic imine (C=N–C) groups is 1. The molecule has 1 unspecified atom stereocenters. The number of benzene rings is 1. The van der Waals surface area contributed by atoms with E-state index in [1.54, 1.807) is 11.3 Å². The number of guanidine groups is 1. The van der Waals surface area contributed by atoms with E-state index in [0.29, 0.717) is 12.0 Å². The van der Waals surface area contributed by atoms with E-state index in [1.165, 1.54) is 11.1 Å².